The number of aromatic nitrogens is 2. The van der Waals surface area contributed by atoms with Crippen LogP contribution in [0, 0.1) is 0 Å². The summed E-state index contributed by atoms with van der Waals surface area (Å²) in [5.74, 6) is -1.29. The number of carbonyl (C=O) groups excluding carboxylic acids is 2. The van der Waals surface area contributed by atoms with Crippen molar-refractivity contribution < 1.29 is 53.6 Å². The quantitative estimate of drug-likeness (QED) is 0.196. The van der Waals surface area contributed by atoms with Crippen LogP contribution >= 0.6 is 0 Å². The van der Waals surface area contributed by atoms with Crippen LogP contribution in [0.25, 0.3) is 16.6 Å². The van der Waals surface area contributed by atoms with E-state index in [1.165, 1.54) is 13.2 Å². The van der Waals surface area contributed by atoms with E-state index in [1.54, 1.807) is 36.4 Å². The van der Waals surface area contributed by atoms with E-state index in [2.05, 4.69) is 10.3 Å². The Balaban J connectivity index is 0.00000342. The molecule has 0 atom stereocenters. The molecule has 0 aliphatic heterocycles. The number of allylic oxidation sites excluding steroid dienone is 1. The SMILES string of the molecule is COc1ccc(C(=O)/C(Cc2ccc(N(C)C)cc2)=C(/C(=O)[O-])c2ccc3nonc3c2)cc1.[Na+]. The smallest absolute Gasteiger partial charge is 0.545 e. The van der Waals surface area contributed by atoms with Gasteiger partial charge in [-0.25, -0.2) is 4.63 Å². The first-order chi connectivity index (χ1) is 16.4. The molecule has 9 heteroatoms. The van der Waals surface area contributed by atoms with Gasteiger partial charge in [-0.05, 0) is 70.0 Å². The van der Waals surface area contributed by atoms with Gasteiger partial charge in [0.25, 0.3) is 0 Å². The van der Waals surface area contributed by atoms with Crippen LogP contribution in [0.15, 0.2) is 76.9 Å². The zero-order valence-corrected chi connectivity index (χ0v) is 21.9. The molecule has 0 aliphatic rings. The van der Waals surface area contributed by atoms with Gasteiger partial charge in [-0.2, -0.15) is 0 Å². The summed E-state index contributed by atoms with van der Waals surface area (Å²) in [4.78, 5) is 27.9. The fourth-order valence-electron chi connectivity index (χ4n) is 3.67. The van der Waals surface area contributed by atoms with Crippen molar-refractivity contribution in [1.29, 1.82) is 0 Å². The van der Waals surface area contributed by atoms with Crippen molar-refractivity contribution in [3.05, 3.63) is 89.0 Å². The predicted octanol–water partition coefficient (Wildman–Crippen LogP) is -0.0695. The zero-order valence-electron chi connectivity index (χ0n) is 19.9. The summed E-state index contributed by atoms with van der Waals surface area (Å²) >= 11 is 0. The number of ether oxygens (including phenoxy) is 1. The molecule has 4 rings (SSSR count). The number of benzene rings is 3. The zero-order chi connectivity index (χ0) is 24.2. The summed E-state index contributed by atoms with van der Waals surface area (Å²) in [6, 6.07) is 18.8. The first-order valence-electron chi connectivity index (χ1n) is 10.5. The number of nitrogens with zero attached hydrogens (tertiary/aromatic N) is 3. The van der Waals surface area contributed by atoms with Gasteiger partial charge in [0.15, 0.2) is 5.78 Å². The third kappa shape index (κ3) is 5.79. The van der Waals surface area contributed by atoms with Crippen LogP contribution < -0.4 is 44.3 Å². The Labute approximate surface area is 224 Å². The van der Waals surface area contributed by atoms with Gasteiger partial charge < -0.3 is 19.5 Å². The molecular formula is C26H22N3NaO5. The molecule has 1 heterocycles. The summed E-state index contributed by atoms with van der Waals surface area (Å²) in [5, 5.41) is 19.9. The van der Waals surface area contributed by atoms with Crippen LogP contribution in [-0.4, -0.2) is 43.3 Å². The van der Waals surface area contributed by atoms with Gasteiger partial charge in [0.05, 0.1) is 13.1 Å². The number of hydrogen-bond acceptors (Lipinski definition) is 8. The molecule has 1 aromatic heterocycles. The molecule has 0 spiro atoms. The second-order valence-electron chi connectivity index (χ2n) is 7.90. The molecule has 8 nitrogen and oxygen atoms in total. The van der Waals surface area contributed by atoms with Crippen molar-refractivity contribution in [3.8, 4) is 5.75 Å². The number of carboxylic acids is 1. The molecule has 0 bridgehead atoms. The third-order valence-electron chi connectivity index (χ3n) is 5.51. The average molecular weight is 479 g/mol. The number of carboxylic acid groups (broad SMARTS) is 1. The summed E-state index contributed by atoms with van der Waals surface area (Å²) in [6.07, 6.45) is 0.0942. The van der Waals surface area contributed by atoms with Crippen molar-refractivity contribution in [3.63, 3.8) is 0 Å². The van der Waals surface area contributed by atoms with Gasteiger partial charge in [0.1, 0.15) is 16.8 Å². The van der Waals surface area contributed by atoms with E-state index in [-0.39, 0.29) is 52.7 Å². The van der Waals surface area contributed by atoms with E-state index in [0.717, 1.165) is 11.3 Å². The monoisotopic (exact) mass is 479 g/mol. The van der Waals surface area contributed by atoms with E-state index < -0.39 is 11.8 Å². The predicted molar refractivity (Wildman–Crippen MR) is 126 cm³/mol. The number of ketones is 1. The second-order valence-corrected chi connectivity index (χ2v) is 7.90. The normalized spacial score (nSPS) is 11.4. The van der Waals surface area contributed by atoms with Crippen molar-refractivity contribution in [2.24, 2.45) is 0 Å². The minimum absolute atomic E-state index is 0. The van der Waals surface area contributed by atoms with Crippen LogP contribution in [0.3, 0.4) is 0 Å². The molecule has 0 N–H and O–H groups in total. The van der Waals surface area contributed by atoms with E-state index >= 15 is 0 Å². The first-order valence-corrected chi connectivity index (χ1v) is 10.5. The molecular weight excluding hydrogens is 457 g/mol. The van der Waals surface area contributed by atoms with E-state index in [4.69, 9.17) is 9.37 Å². The van der Waals surface area contributed by atoms with Gasteiger partial charge in [-0.15, -0.1) is 0 Å². The van der Waals surface area contributed by atoms with Crippen molar-refractivity contribution >= 4 is 34.0 Å². The molecule has 35 heavy (non-hydrogen) atoms. The Morgan fingerprint density at radius 3 is 2.14 bits per heavy atom. The number of rotatable bonds is 8. The Morgan fingerprint density at radius 1 is 0.914 bits per heavy atom. The number of aliphatic carboxylic acids is 1. The molecule has 0 radical (unpaired) electrons. The molecule has 0 fully saturated rings. The second kappa shape index (κ2) is 11.3. The maximum absolute atomic E-state index is 13.6. The van der Waals surface area contributed by atoms with Gasteiger partial charge in [-0.3, -0.25) is 4.79 Å². The molecule has 0 unspecified atom stereocenters. The van der Waals surface area contributed by atoms with Gasteiger partial charge in [0, 0.05) is 42.9 Å². The summed E-state index contributed by atoms with van der Waals surface area (Å²) in [6.45, 7) is 0. The van der Waals surface area contributed by atoms with Gasteiger partial charge >= 0.3 is 29.6 Å². The van der Waals surface area contributed by atoms with Crippen molar-refractivity contribution in [2.45, 2.75) is 6.42 Å². The Kier molecular flexibility index (Phi) is 8.45. The first kappa shape index (κ1) is 26.2. The maximum Gasteiger partial charge on any atom is 1.00 e. The molecule has 0 saturated heterocycles. The average Bonchev–Trinajstić information content (AvgIpc) is 3.31. The topological polar surface area (TPSA) is 109 Å². The molecule has 4 aromatic rings. The van der Waals surface area contributed by atoms with Crippen LogP contribution in [0.4, 0.5) is 5.69 Å². The van der Waals surface area contributed by atoms with Crippen LogP contribution in [0.2, 0.25) is 0 Å². The number of carbonyl (C=O) groups is 2. The molecule has 3 aromatic carbocycles. The number of anilines is 1. The maximum atomic E-state index is 13.6. The number of methoxy groups -OCH3 is 1. The molecule has 0 saturated carbocycles. The third-order valence-corrected chi connectivity index (χ3v) is 5.51. The number of Topliss-reactive ketones (excluding diaryl/α,β-unsaturated/α-hetero) is 1. The fourth-order valence-corrected chi connectivity index (χ4v) is 3.67. The van der Waals surface area contributed by atoms with Crippen LogP contribution in [-0.2, 0) is 11.2 Å². The number of fused-ring (bicyclic) bond motifs is 1. The van der Waals surface area contributed by atoms with E-state index in [0.29, 0.717) is 22.3 Å². The van der Waals surface area contributed by atoms with E-state index in [1.807, 2.05) is 43.3 Å². The van der Waals surface area contributed by atoms with Gasteiger partial charge in [-0.1, -0.05) is 18.2 Å². The molecule has 0 aliphatic carbocycles. The van der Waals surface area contributed by atoms with Crippen molar-refractivity contribution in [1.82, 2.24) is 10.3 Å². The largest absolute Gasteiger partial charge is 1.00 e. The summed E-state index contributed by atoms with van der Waals surface area (Å²) < 4.78 is 9.89. The summed E-state index contributed by atoms with van der Waals surface area (Å²) in [7, 11) is 5.38. The van der Waals surface area contributed by atoms with Crippen molar-refractivity contribution in [2.75, 3.05) is 26.1 Å². The minimum Gasteiger partial charge on any atom is -0.545 e. The van der Waals surface area contributed by atoms with E-state index in [9.17, 15) is 14.7 Å². The molecule has 0 amide bonds. The Morgan fingerprint density at radius 2 is 1.54 bits per heavy atom. The molecule has 172 valence electrons. The van der Waals surface area contributed by atoms with Gasteiger partial charge in [0.2, 0.25) is 0 Å². The van der Waals surface area contributed by atoms with Crippen LogP contribution in [0.5, 0.6) is 5.75 Å². The van der Waals surface area contributed by atoms with Crippen LogP contribution in [0.1, 0.15) is 21.5 Å². The summed E-state index contributed by atoms with van der Waals surface area (Å²) in [5.41, 5.74) is 3.13. The number of hydrogen-bond donors (Lipinski definition) is 0. The minimum atomic E-state index is -1.46. The Bertz CT molecular complexity index is 1380. The standard InChI is InChI=1S/C26H23N3O5.Na/c1-29(2)19-9-4-16(5-10-19)14-21(25(30)17-6-11-20(33-3)12-7-17)24(26(31)32)18-8-13-22-23(15-18)28-34-27-22;/h4-13,15H,14H2,1-3H3,(H,31,32);/q;+1/p-1/b24-21+;. The Hall–Kier alpha value is -3.46. The fraction of sp³-hybridized carbons (Fsp3) is 0.154.